The number of halogens is 3. The molecule has 0 aromatic heterocycles. The number of nitrogens with zero attached hydrogens (tertiary/aromatic N) is 2. The third kappa shape index (κ3) is 23.5. The van der Waals surface area contributed by atoms with Crippen molar-refractivity contribution >= 4 is 71.9 Å². The van der Waals surface area contributed by atoms with Gasteiger partial charge in [0.15, 0.2) is 0 Å². The Morgan fingerprint density at radius 1 is 0.717 bits per heavy atom. The molecule has 0 spiro atoms. The first-order valence-corrected chi connectivity index (χ1v) is 22.0. The number of esters is 2. The predicted molar refractivity (Wildman–Crippen MR) is 232 cm³/mol. The lowest BCUT2D eigenvalue weighted by Gasteiger charge is -2.27. The van der Waals surface area contributed by atoms with Gasteiger partial charge in [-0.25, -0.2) is 13.9 Å². The normalized spacial score (nSPS) is 11.4. The van der Waals surface area contributed by atoms with Crippen molar-refractivity contribution in [2.24, 2.45) is 11.1 Å². The molecule has 0 saturated heterocycles. The number of benzene rings is 4. The Balaban J connectivity index is 0. The average Bonchev–Trinajstić information content (AvgIpc) is 3.12. The number of phenolic OH excluding ortho intramolecular Hbond substituents is 1. The van der Waals surface area contributed by atoms with Crippen LogP contribution in [0.4, 0.5) is 11.4 Å². The number of rotatable bonds is 14. The molecule has 4 aromatic rings. The van der Waals surface area contributed by atoms with E-state index >= 15 is 0 Å². The molecule has 0 bridgehead atoms. The van der Waals surface area contributed by atoms with Crippen LogP contribution >= 0.6 is 48.6 Å². The summed E-state index contributed by atoms with van der Waals surface area (Å²) in [6, 6.07) is 27.1. The SMILES string of the molecule is CCOC(=O)C(C)(C)CP(=O)(Oc1ccccc1)Oc1ccc([N+](=O)[O-])cc1.Cl.N.O=P(Cl)(Cl)Oc1ccccc1.O=[N+]([O-])c1ccc(O)cc1.[CH2+]COC(=O)C(C)(C)N. The molecule has 0 aliphatic carbocycles. The molecule has 0 heterocycles. The number of non-ortho nitro benzene ring substituents is 2. The Morgan fingerprint density at radius 3 is 1.43 bits per heavy atom. The number of hydrogen-bond acceptors (Lipinski definition) is 16. The molecule has 18 nitrogen and oxygen atoms in total. The van der Waals surface area contributed by atoms with E-state index in [2.05, 4.69) is 16.2 Å². The summed E-state index contributed by atoms with van der Waals surface area (Å²) in [7, 11) is -3.87. The first-order chi connectivity index (χ1) is 26.9. The fraction of sp³-hybridized carbons (Fsp3) is 0.270. The number of para-hydroxylation sites is 2. The molecule has 60 heavy (non-hydrogen) atoms. The van der Waals surface area contributed by atoms with Crippen molar-refractivity contribution in [1.82, 2.24) is 6.15 Å². The van der Waals surface area contributed by atoms with Gasteiger partial charge in [-0.2, -0.15) is 0 Å². The first kappa shape index (κ1) is 57.0. The monoisotopic (exact) mass is 939 g/mol. The Labute approximate surface area is 363 Å². The van der Waals surface area contributed by atoms with Gasteiger partial charge in [-0.05, 0) is 83.1 Å². The van der Waals surface area contributed by atoms with E-state index in [1.165, 1.54) is 48.5 Å². The van der Waals surface area contributed by atoms with Crippen LogP contribution in [-0.2, 0) is 28.2 Å². The Kier molecular flexibility index (Phi) is 25.6. The molecule has 0 aliphatic heterocycles. The highest BCUT2D eigenvalue weighted by Gasteiger charge is 2.42. The van der Waals surface area contributed by atoms with Crippen molar-refractivity contribution in [2.45, 2.75) is 40.2 Å². The average molecular weight is 941 g/mol. The number of carbonyl (C=O) groups is 2. The summed E-state index contributed by atoms with van der Waals surface area (Å²) in [4.78, 5) is 42.7. The molecule has 0 amide bonds. The summed E-state index contributed by atoms with van der Waals surface area (Å²) < 4.78 is 49.7. The molecule has 0 saturated carbocycles. The molecule has 0 radical (unpaired) electrons. The number of phenols is 1. The van der Waals surface area contributed by atoms with Crippen molar-refractivity contribution in [2.75, 3.05) is 19.4 Å². The second kappa shape index (κ2) is 26.9. The molecule has 23 heteroatoms. The minimum atomic E-state index is -3.87. The van der Waals surface area contributed by atoms with Gasteiger partial charge in [0.25, 0.3) is 11.4 Å². The molecular weight excluding hydrogens is 893 g/mol. The molecule has 330 valence electrons. The van der Waals surface area contributed by atoms with E-state index in [-0.39, 0.29) is 60.8 Å². The molecule has 1 atom stereocenters. The summed E-state index contributed by atoms with van der Waals surface area (Å²) in [5, 5.41) is 29.5. The van der Waals surface area contributed by atoms with E-state index in [1.54, 1.807) is 95.3 Å². The largest absolute Gasteiger partial charge is 0.508 e. The third-order valence-electron chi connectivity index (χ3n) is 6.47. The van der Waals surface area contributed by atoms with Gasteiger partial charge in [-0.1, -0.05) is 36.4 Å². The smallest absolute Gasteiger partial charge is 0.431 e. The van der Waals surface area contributed by atoms with E-state index < -0.39 is 46.4 Å². The zero-order valence-electron chi connectivity index (χ0n) is 33.2. The second-order valence-electron chi connectivity index (χ2n) is 12.6. The highest BCUT2D eigenvalue weighted by Crippen LogP contribution is 2.57. The topological polar surface area (TPSA) is 282 Å². The van der Waals surface area contributed by atoms with E-state index in [9.17, 15) is 38.9 Å². The maximum Gasteiger partial charge on any atom is 0.431 e. The van der Waals surface area contributed by atoms with Crippen LogP contribution in [0.25, 0.3) is 0 Å². The number of carbonyl (C=O) groups excluding carboxylic acids is 2. The second-order valence-corrected chi connectivity index (χ2v) is 18.7. The lowest BCUT2D eigenvalue weighted by atomic mass is 9.97. The number of nitrogens with two attached hydrogens (primary N) is 1. The van der Waals surface area contributed by atoms with Crippen LogP contribution in [0.2, 0.25) is 0 Å². The van der Waals surface area contributed by atoms with E-state index in [0.717, 1.165) is 0 Å². The highest BCUT2D eigenvalue weighted by atomic mass is 35.9. The maximum atomic E-state index is 13.5. The minimum absolute atomic E-state index is 0. The van der Waals surface area contributed by atoms with Crippen LogP contribution < -0.4 is 25.5 Å². The fourth-order valence-corrected chi connectivity index (χ4v) is 6.84. The highest BCUT2D eigenvalue weighted by molar-refractivity contribution is 8.05. The van der Waals surface area contributed by atoms with Gasteiger partial charge in [0.2, 0.25) is 6.61 Å². The number of hydrogen-bond donors (Lipinski definition) is 3. The standard InChI is InChI=1S/C19H22NO7P.C6H5Cl2O2P.C6H5NO3.C6H12NO2.ClH.H3N/c1-4-25-18(21)19(2,3)14-28(24,26-16-8-6-5-7-9-16)27-17-12-10-15(11-13-17)20(22)23;7-11(8,9)10-6-4-2-1-3-5-6;8-6-3-1-5(2-4-6)7(9)10;1-4-9-5(8)6(2,3)7;;/h5-13H,4,14H2,1-3H3;1-5H;1-4,8H;1,4,7H2,2-3H3;1H;1H3/q;;;+1;;. The number of aromatic hydroxyl groups is 1. The number of nitro groups is 2. The van der Waals surface area contributed by atoms with Crippen LogP contribution in [0.1, 0.15) is 34.6 Å². The fourth-order valence-electron chi connectivity index (χ4n) is 3.85. The zero-order valence-corrected chi connectivity index (χ0v) is 37.3. The van der Waals surface area contributed by atoms with Crippen molar-refractivity contribution in [3.63, 3.8) is 0 Å². The van der Waals surface area contributed by atoms with Crippen LogP contribution in [0.15, 0.2) is 109 Å². The van der Waals surface area contributed by atoms with E-state index in [4.69, 9.17) is 47.1 Å². The summed E-state index contributed by atoms with van der Waals surface area (Å²) in [5.41, 5.74) is 3.19. The van der Waals surface area contributed by atoms with Crippen molar-refractivity contribution in [3.8, 4) is 23.0 Å². The molecule has 4 rings (SSSR count). The zero-order chi connectivity index (χ0) is 44.2. The molecule has 1 unspecified atom stereocenters. The summed E-state index contributed by atoms with van der Waals surface area (Å²) in [5.74, 6) is -0.0694. The molecule has 4 aromatic carbocycles. The van der Waals surface area contributed by atoms with Gasteiger partial charge in [0.1, 0.15) is 35.5 Å². The van der Waals surface area contributed by atoms with Gasteiger partial charge >= 0.3 is 25.6 Å². The van der Waals surface area contributed by atoms with Crippen LogP contribution in [0.3, 0.4) is 0 Å². The van der Waals surface area contributed by atoms with Gasteiger partial charge in [-0.15, -0.1) is 12.4 Å². The van der Waals surface area contributed by atoms with Crippen molar-refractivity contribution in [1.29, 1.82) is 0 Å². The van der Waals surface area contributed by atoms with Crippen molar-refractivity contribution < 1.29 is 56.7 Å². The van der Waals surface area contributed by atoms with Crippen LogP contribution in [0, 0.1) is 32.6 Å². The predicted octanol–water partition coefficient (Wildman–Crippen LogP) is 10.5. The molecule has 0 aliphatic rings. The van der Waals surface area contributed by atoms with Gasteiger partial charge < -0.3 is 40.0 Å². The van der Waals surface area contributed by atoms with E-state index in [1.807, 2.05) is 0 Å². The molecule has 0 fully saturated rings. The third-order valence-corrected chi connectivity index (χ3v) is 9.46. The Morgan fingerprint density at radius 2 is 1.10 bits per heavy atom. The summed E-state index contributed by atoms with van der Waals surface area (Å²) in [6.45, 7) is 11.7. The van der Waals surface area contributed by atoms with Gasteiger partial charge in [-0.3, -0.25) is 25.0 Å². The summed E-state index contributed by atoms with van der Waals surface area (Å²) in [6.07, 6.45) is -3.69. The van der Waals surface area contributed by atoms with Gasteiger partial charge in [0, 0.05) is 46.7 Å². The number of ether oxygens (including phenoxy) is 2. The molecule has 6 N–H and O–H groups in total. The van der Waals surface area contributed by atoms with Crippen LogP contribution in [-0.4, -0.2) is 51.8 Å². The van der Waals surface area contributed by atoms with Gasteiger partial charge in [0.05, 0.1) is 28.0 Å². The van der Waals surface area contributed by atoms with Crippen molar-refractivity contribution in [3.05, 3.63) is 136 Å². The lowest BCUT2D eigenvalue weighted by Crippen LogP contribution is -2.42. The summed E-state index contributed by atoms with van der Waals surface area (Å²) >= 11 is 10.3. The molecular formula is C37H48Cl3N4O14P2+. The number of nitro benzene ring substituents is 2. The maximum absolute atomic E-state index is 13.5. The lowest BCUT2D eigenvalue weighted by molar-refractivity contribution is -0.385. The minimum Gasteiger partial charge on any atom is -0.508 e. The first-order valence-electron chi connectivity index (χ1n) is 16.8. The van der Waals surface area contributed by atoms with E-state index in [0.29, 0.717) is 11.5 Å². The quantitative estimate of drug-likeness (QED) is 0.0348. The Bertz CT molecular complexity index is 2000. The van der Waals surface area contributed by atoms with Crippen LogP contribution in [0.5, 0.6) is 23.0 Å². The Hall–Kier alpha value is -5.06.